The van der Waals surface area contributed by atoms with E-state index < -0.39 is 0 Å². The van der Waals surface area contributed by atoms with Gasteiger partial charge in [0.2, 0.25) is 5.88 Å². The van der Waals surface area contributed by atoms with Crippen molar-refractivity contribution >= 4 is 17.5 Å². The van der Waals surface area contributed by atoms with Crippen molar-refractivity contribution in [3.8, 4) is 17.6 Å². The van der Waals surface area contributed by atoms with Crippen LogP contribution in [0.2, 0.25) is 5.02 Å². The highest BCUT2D eigenvalue weighted by Crippen LogP contribution is 2.29. The van der Waals surface area contributed by atoms with Gasteiger partial charge in [0.1, 0.15) is 17.2 Å². The summed E-state index contributed by atoms with van der Waals surface area (Å²) >= 11 is 6.22. The first kappa shape index (κ1) is 19.9. The predicted octanol–water partition coefficient (Wildman–Crippen LogP) is 3.26. The molecule has 2 aromatic heterocycles. The van der Waals surface area contributed by atoms with Crippen molar-refractivity contribution in [1.29, 1.82) is 5.26 Å². The van der Waals surface area contributed by atoms with Crippen molar-refractivity contribution in [2.75, 3.05) is 6.54 Å². The highest BCUT2D eigenvalue weighted by atomic mass is 35.5. The number of hydrogen-bond donors (Lipinski definition) is 0. The summed E-state index contributed by atoms with van der Waals surface area (Å²) in [6, 6.07) is 10.8. The second kappa shape index (κ2) is 8.51. The monoisotopic (exact) mass is 422 g/mol. The lowest BCUT2D eigenvalue weighted by Gasteiger charge is -2.38. The molecule has 1 aromatic carbocycles. The second-order valence-electron chi connectivity index (χ2n) is 7.05. The van der Waals surface area contributed by atoms with E-state index in [4.69, 9.17) is 21.6 Å². The Labute approximate surface area is 178 Å². The molecule has 4 rings (SSSR count). The summed E-state index contributed by atoms with van der Waals surface area (Å²) in [6.07, 6.45) is 5.87. The SMILES string of the molecule is C[C@@H]1CCC(Oc2nccc(C#N)c2Cl)CN1C(=O)c1ccccc1-n1nccn1. The van der Waals surface area contributed by atoms with Crippen LogP contribution in [0.4, 0.5) is 0 Å². The predicted molar refractivity (Wildman–Crippen MR) is 109 cm³/mol. The van der Waals surface area contributed by atoms with E-state index in [0.29, 0.717) is 23.4 Å². The molecule has 0 N–H and O–H groups in total. The zero-order valence-corrected chi connectivity index (χ0v) is 17.0. The molecule has 3 aromatic rings. The summed E-state index contributed by atoms with van der Waals surface area (Å²) in [5.74, 6) is 0.0948. The number of piperidine rings is 1. The summed E-state index contributed by atoms with van der Waals surface area (Å²) in [5.41, 5.74) is 1.44. The standard InChI is InChI=1S/C21H19ClN6O2/c1-14-6-7-16(30-20-19(22)15(12-23)8-9-24-20)13-27(14)21(29)17-4-2-3-5-18(17)28-25-10-11-26-28/h2-5,8-11,14,16H,6-7,13H2,1H3/t14-,16?/m1/s1. The van der Waals surface area contributed by atoms with Crippen molar-refractivity contribution in [3.05, 3.63) is 65.1 Å². The molecule has 0 radical (unpaired) electrons. The van der Waals surface area contributed by atoms with Crippen LogP contribution in [0.5, 0.6) is 5.88 Å². The van der Waals surface area contributed by atoms with Gasteiger partial charge in [0.05, 0.1) is 35.8 Å². The maximum absolute atomic E-state index is 13.4. The molecule has 1 aliphatic rings. The zero-order chi connectivity index (χ0) is 21.1. The average molecular weight is 423 g/mol. The Balaban J connectivity index is 1.57. The first-order valence-electron chi connectivity index (χ1n) is 9.56. The van der Waals surface area contributed by atoms with Crippen molar-refractivity contribution in [1.82, 2.24) is 24.9 Å². The number of rotatable bonds is 4. The number of benzene rings is 1. The number of aromatic nitrogens is 4. The minimum absolute atomic E-state index is 0.0462. The van der Waals surface area contributed by atoms with Gasteiger partial charge in [0.15, 0.2) is 0 Å². The maximum Gasteiger partial charge on any atom is 0.256 e. The van der Waals surface area contributed by atoms with Crippen molar-refractivity contribution in [2.45, 2.75) is 31.9 Å². The van der Waals surface area contributed by atoms with Gasteiger partial charge in [-0.2, -0.15) is 20.3 Å². The highest BCUT2D eigenvalue weighted by molar-refractivity contribution is 6.32. The highest BCUT2D eigenvalue weighted by Gasteiger charge is 2.32. The molecular formula is C21H19ClN6O2. The van der Waals surface area contributed by atoms with Gasteiger partial charge in [0, 0.05) is 12.2 Å². The Morgan fingerprint density at radius 1 is 1.20 bits per heavy atom. The third kappa shape index (κ3) is 3.84. The van der Waals surface area contributed by atoms with Crippen LogP contribution in [0.15, 0.2) is 48.9 Å². The lowest BCUT2D eigenvalue weighted by molar-refractivity contribution is 0.0373. The third-order valence-corrected chi connectivity index (χ3v) is 5.49. The van der Waals surface area contributed by atoms with Crippen LogP contribution in [0.1, 0.15) is 35.7 Å². The van der Waals surface area contributed by atoms with Crippen LogP contribution < -0.4 is 4.74 Å². The Kier molecular flexibility index (Phi) is 5.63. The van der Waals surface area contributed by atoms with E-state index in [1.165, 1.54) is 17.1 Å². The molecule has 9 heteroatoms. The van der Waals surface area contributed by atoms with E-state index >= 15 is 0 Å². The van der Waals surface area contributed by atoms with Crippen LogP contribution >= 0.6 is 11.6 Å². The number of amides is 1. The number of likely N-dealkylation sites (tertiary alicyclic amines) is 1. The van der Waals surface area contributed by atoms with Crippen LogP contribution in [-0.4, -0.2) is 49.5 Å². The van der Waals surface area contributed by atoms with E-state index in [1.54, 1.807) is 23.4 Å². The van der Waals surface area contributed by atoms with Crippen molar-refractivity contribution in [2.24, 2.45) is 0 Å². The number of nitriles is 1. The van der Waals surface area contributed by atoms with Crippen LogP contribution in [0.25, 0.3) is 5.69 Å². The van der Waals surface area contributed by atoms with Gasteiger partial charge in [-0.3, -0.25) is 4.79 Å². The Morgan fingerprint density at radius 2 is 1.97 bits per heavy atom. The fourth-order valence-electron chi connectivity index (χ4n) is 3.53. The van der Waals surface area contributed by atoms with E-state index in [9.17, 15) is 4.79 Å². The quantitative estimate of drug-likeness (QED) is 0.640. The van der Waals surface area contributed by atoms with Crippen molar-refractivity contribution in [3.63, 3.8) is 0 Å². The van der Waals surface area contributed by atoms with E-state index in [-0.39, 0.29) is 29.0 Å². The number of hydrogen-bond acceptors (Lipinski definition) is 6. The van der Waals surface area contributed by atoms with Gasteiger partial charge in [-0.15, -0.1) is 0 Å². The largest absolute Gasteiger partial charge is 0.471 e. The number of nitrogens with zero attached hydrogens (tertiary/aromatic N) is 6. The van der Waals surface area contributed by atoms with Gasteiger partial charge in [-0.1, -0.05) is 23.7 Å². The zero-order valence-electron chi connectivity index (χ0n) is 16.3. The van der Waals surface area contributed by atoms with Crippen molar-refractivity contribution < 1.29 is 9.53 Å². The number of ether oxygens (including phenoxy) is 1. The molecule has 1 fully saturated rings. The minimum atomic E-state index is -0.279. The number of para-hydroxylation sites is 1. The Bertz CT molecular complexity index is 1100. The fourth-order valence-corrected chi connectivity index (χ4v) is 3.73. The molecule has 0 bridgehead atoms. The maximum atomic E-state index is 13.4. The van der Waals surface area contributed by atoms with Gasteiger partial charge < -0.3 is 9.64 Å². The number of carbonyl (C=O) groups is 1. The molecule has 152 valence electrons. The normalized spacial score (nSPS) is 18.6. The molecule has 8 nitrogen and oxygen atoms in total. The number of pyridine rings is 1. The summed E-state index contributed by atoms with van der Waals surface area (Å²) in [5, 5.41) is 17.6. The van der Waals surface area contributed by atoms with Crippen LogP contribution in [-0.2, 0) is 0 Å². The minimum Gasteiger partial charge on any atom is -0.471 e. The Morgan fingerprint density at radius 3 is 2.73 bits per heavy atom. The molecule has 3 heterocycles. The smallest absolute Gasteiger partial charge is 0.256 e. The van der Waals surface area contributed by atoms with Crippen LogP contribution in [0.3, 0.4) is 0 Å². The van der Waals surface area contributed by atoms with Gasteiger partial charge in [-0.25, -0.2) is 4.98 Å². The summed E-state index contributed by atoms with van der Waals surface area (Å²) in [7, 11) is 0. The molecule has 2 atom stereocenters. The number of halogens is 1. The summed E-state index contributed by atoms with van der Waals surface area (Å²) in [6.45, 7) is 2.40. The molecular weight excluding hydrogens is 404 g/mol. The van der Waals surface area contributed by atoms with Gasteiger partial charge in [-0.05, 0) is 38.0 Å². The lowest BCUT2D eigenvalue weighted by Crippen LogP contribution is -2.49. The molecule has 1 saturated heterocycles. The molecule has 1 unspecified atom stereocenters. The summed E-state index contributed by atoms with van der Waals surface area (Å²) < 4.78 is 5.98. The number of carbonyl (C=O) groups excluding carboxylic acids is 1. The third-order valence-electron chi connectivity index (χ3n) is 5.12. The topological polar surface area (TPSA) is 96.9 Å². The first-order valence-corrected chi connectivity index (χ1v) is 9.94. The average Bonchev–Trinajstić information content (AvgIpc) is 3.31. The fraction of sp³-hybridized carbons (Fsp3) is 0.286. The molecule has 1 aliphatic heterocycles. The lowest BCUT2D eigenvalue weighted by atomic mass is 9.99. The Hall–Kier alpha value is -3.44. The van der Waals surface area contributed by atoms with Gasteiger partial charge >= 0.3 is 0 Å². The van der Waals surface area contributed by atoms with E-state index in [1.807, 2.05) is 31.2 Å². The molecule has 0 aliphatic carbocycles. The summed E-state index contributed by atoms with van der Waals surface area (Å²) in [4.78, 5) is 20.8. The second-order valence-corrected chi connectivity index (χ2v) is 7.43. The molecule has 30 heavy (non-hydrogen) atoms. The molecule has 1 amide bonds. The molecule has 0 spiro atoms. The van der Waals surface area contributed by atoms with Gasteiger partial charge in [0.25, 0.3) is 5.91 Å². The molecule has 0 saturated carbocycles. The first-order chi connectivity index (χ1) is 14.6. The van der Waals surface area contributed by atoms with Crippen LogP contribution in [0, 0.1) is 11.3 Å². The van der Waals surface area contributed by atoms with E-state index in [2.05, 4.69) is 15.2 Å². The van der Waals surface area contributed by atoms with E-state index in [0.717, 1.165) is 12.8 Å².